The Morgan fingerprint density at radius 2 is 1.74 bits per heavy atom. The molecular formula is C26H17Cl2FN4O6. The minimum atomic E-state index is -1.62. The third-order valence-corrected chi connectivity index (χ3v) is 6.57. The molecule has 3 aromatic carbocycles. The van der Waals surface area contributed by atoms with Crippen LogP contribution < -0.4 is 16.0 Å². The number of aromatic amines is 1. The fourth-order valence-electron chi connectivity index (χ4n) is 4.14. The molecule has 0 radical (unpaired) electrons. The molecule has 0 unspecified atom stereocenters. The van der Waals surface area contributed by atoms with Crippen molar-refractivity contribution in [1.82, 2.24) is 19.7 Å². The highest BCUT2D eigenvalue weighted by Gasteiger charge is 2.25. The lowest BCUT2D eigenvalue weighted by molar-refractivity contribution is 0.0683. The third-order valence-electron chi connectivity index (χ3n) is 6.01. The van der Waals surface area contributed by atoms with Crippen LogP contribution in [0.4, 0.5) is 4.39 Å². The molecule has 1 amide bonds. The maximum absolute atomic E-state index is 13.2. The van der Waals surface area contributed by atoms with Crippen molar-refractivity contribution in [3.8, 4) is 17.2 Å². The number of rotatable bonds is 6. The fraction of sp³-hybridized carbons (Fsp3) is 0.115. The molecule has 0 fully saturated rings. The van der Waals surface area contributed by atoms with Crippen molar-refractivity contribution in [1.29, 1.82) is 0 Å². The molecule has 39 heavy (non-hydrogen) atoms. The highest BCUT2D eigenvalue weighted by atomic mass is 35.5. The number of benzene rings is 3. The molecule has 0 saturated heterocycles. The van der Waals surface area contributed by atoms with Gasteiger partial charge in [-0.3, -0.25) is 14.6 Å². The molecule has 0 atom stereocenters. The Bertz CT molecular complexity index is 1730. The van der Waals surface area contributed by atoms with Crippen LogP contribution in [0.1, 0.15) is 32.0 Å². The van der Waals surface area contributed by atoms with Crippen molar-refractivity contribution in [3.63, 3.8) is 0 Å². The van der Waals surface area contributed by atoms with E-state index in [4.69, 9.17) is 33.0 Å². The molecule has 0 saturated carbocycles. The van der Waals surface area contributed by atoms with Gasteiger partial charge in [0.2, 0.25) is 5.69 Å². The fourth-order valence-corrected chi connectivity index (χ4v) is 4.69. The Morgan fingerprint density at radius 3 is 2.41 bits per heavy atom. The normalized spacial score (nSPS) is 12.8. The lowest BCUT2D eigenvalue weighted by atomic mass is 9.98. The van der Waals surface area contributed by atoms with Gasteiger partial charge in [-0.1, -0.05) is 35.3 Å². The summed E-state index contributed by atoms with van der Waals surface area (Å²) in [6, 6.07) is 13.5. The first-order valence-electron chi connectivity index (χ1n) is 11.4. The van der Waals surface area contributed by atoms with Gasteiger partial charge in [0.05, 0.1) is 15.7 Å². The van der Waals surface area contributed by atoms with Gasteiger partial charge in [-0.25, -0.2) is 14.0 Å². The van der Waals surface area contributed by atoms with Crippen molar-refractivity contribution in [2.45, 2.75) is 13.0 Å². The SMILES string of the molecule is O=C(O)c1nn(-c2cc(Cl)c(Oc3ccc4c(c3)CCN(Cc3ccc(F)cc3)C4=O)c(Cl)c2)c(=O)[nH]c1=O. The number of carboxylic acids is 1. The molecule has 0 spiro atoms. The number of carboxylic acid groups (broad SMARTS) is 1. The highest BCUT2D eigenvalue weighted by molar-refractivity contribution is 6.37. The zero-order valence-electron chi connectivity index (χ0n) is 19.8. The van der Waals surface area contributed by atoms with E-state index in [9.17, 15) is 23.6 Å². The number of hydrogen-bond acceptors (Lipinski definition) is 6. The molecule has 13 heteroatoms. The number of amides is 1. The van der Waals surface area contributed by atoms with Gasteiger partial charge in [0.15, 0.2) is 5.75 Å². The highest BCUT2D eigenvalue weighted by Crippen LogP contribution is 2.39. The van der Waals surface area contributed by atoms with Gasteiger partial charge in [-0.05, 0) is 60.0 Å². The van der Waals surface area contributed by atoms with Gasteiger partial charge in [0.25, 0.3) is 11.5 Å². The monoisotopic (exact) mass is 570 g/mol. The van der Waals surface area contributed by atoms with E-state index in [1.165, 1.54) is 24.3 Å². The number of aromatic carboxylic acids is 1. The molecule has 2 N–H and O–H groups in total. The molecule has 1 aromatic heterocycles. The maximum Gasteiger partial charge on any atom is 0.362 e. The summed E-state index contributed by atoms with van der Waals surface area (Å²) in [7, 11) is 0. The number of carbonyl (C=O) groups excluding carboxylic acids is 1. The molecule has 1 aliphatic heterocycles. The summed E-state index contributed by atoms with van der Waals surface area (Å²) in [5.74, 6) is -1.71. The quantitative estimate of drug-likeness (QED) is 0.357. The largest absolute Gasteiger partial charge is 0.476 e. The van der Waals surface area contributed by atoms with Gasteiger partial charge in [0.1, 0.15) is 11.6 Å². The molecule has 1 aliphatic rings. The summed E-state index contributed by atoms with van der Waals surface area (Å²) in [6.07, 6.45) is 0.562. The lowest BCUT2D eigenvalue weighted by Gasteiger charge is -2.29. The molecular weight excluding hydrogens is 554 g/mol. The van der Waals surface area contributed by atoms with Crippen LogP contribution >= 0.6 is 23.2 Å². The first-order chi connectivity index (χ1) is 18.6. The van der Waals surface area contributed by atoms with Gasteiger partial charge in [-0.15, -0.1) is 0 Å². The molecule has 198 valence electrons. The Hall–Kier alpha value is -4.48. The van der Waals surface area contributed by atoms with Crippen molar-refractivity contribution < 1.29 is 23.8 Å². The first-order valence-corrected chi connectivity index (χ1v) is 12.2. The number of hydrogen-bond donors (Lipinski definition) is 2. The Kier molecular flexibility index (Phi) is 6.94. The van der Waals surface area contributed by atoms with Gasteiger partial charge in [0, 0.05) is 18.7 Å². The number of halogens is 3. The second kappa shape index (κ2) is 10.4. The molecule has 10 nitrogen and oxygen atoms in total. The molecule has 0 aliphatic carbocycles. The zero-order chi connectivity index (χ0) is 27.8. The van der Waals surface area contributed by atoms with Crippen molar-refractivity contribution in [3.05, 3.63) is 114 Å². The molecule has 2 heterocycles. The van der Waals surface area contributed by atoms with Crippen LogP contribution in [0.5, 0.6) is 11.5 Å². The molecule has 5 rings (SSSR count). The van der Waals surface area contributed by atoms with E-state index in [-0.39, 0.29) is 33.2 Å². The number of nitrogens with one attached hydrogen (secondary N) is 1. The van der Waals surface area contributed by atoms with E-state index in [0.717, 1.165) is 11.1 Å². The average molecular weight is 571 g/mol. The number of nitrogens with zero attached hydrogens (tertiary/aromatic N) is 3. The topological polar surface area (TPSA) is 135 Å². The zero-order valence-corrected chi connectivity index (χ0v) is 21.3. The molecule has 4 aromatic rings. The first kappa shape index (κ1) is 26.1. The summed E-state index contributed by atoms with van der Waals surface area (Å²) >= 11 is 12.7. The van der Waals surface area contributed by atoms with E-state index in [1.54, 1.807) is 35.2 Å². The Labute approximate surface area is 228 Å². The van der Waals surface area contributed by atoms with E-state index in [1.807, 2.05) is 4.98 Å². The Morgan fingerprint density at radius 1 is 1.05 bits per heavy atom. The van der Waals surface area contributed by atoms with Crippen LogP contribution in [0.2, 0.25) is 10.0 Å². The Balaban J connectivity index is 1.38. The van der Waals surface area contributed by atoms with Crippen molar-refractivity contribution in [2.24, 2.45) is 0 Å². The second-order valence-electron chi connectivity index (χ2n) is 8.59. The van der Waals surface area contributed by atoms with Crippen LogP contribution in [0, 0.1) is 5.82 Å². The number of ether oxygens (including phenoxy) is 1. The van der Waals surface area contributed by atoms with Gasteiger partial charge in [-0.2, -0.15) is 9.78 Å². The minimum Gasteiger partial charge on any atom is -0.476 e. The van der Waals surface area contributed by atoms with E-state index >= 15 is 0 Å². The predicted octanol–water partition coefficient (Wildman–Crippen LogP) is 4.06. The smallest absolute Gasteiger partial charge is 0.362 e. The van der Waals surface area contributed by atoms with Crippen LogP contribution in [0.15, 0.2) is 64.2 Å². The summed E-state index contributed by atoms with van der Waals surface area (Å²) in [4.78, 5) is 51.7. The maximum atomic E-state index is 13.2. The van der Waals surface area contributed by atoms with Crippen LogP contribution in [0.3, 0.4) is 0 Å². The third kappa shape index (κ3) is 5.27. The predicted molar refractivity (Wildman–Crippen MR) is 139 cm³/mol. The van der Waals surface area contributed by atoms with Crippen molar-refractivity contribution in [2.75, 3.05) is 6.54 Å². The van der Waals surface area contributed by atoms with Crippen LogP contribution in [-0.2, 0) is 13.0 Å². The summed E-state index contributed by atoms with van der Waals surface area (Å²) < 4.78 is 19.7. The van der Waals surface area contributed by atoms with Crippen LogP contribution in [0.25, 0.3) is 5.69 Å². The lowest BCUT2D eigenvalue weighted by Crippen LogP contribution is -2.37. The van der Waals surface area contributed by atoms with E-state index in [2.05, 4.69) is 5.10 Å². The van der Waals surface area contributed by atoms with Crippen LogP contribution in [-0.4, -0.2) is 43.2 Å². The molecule has 0 bridgehead atoms. The summed E-state index contributed by atoms with van der Waals surface area (Å²) in [5.41, 5.74) is -0.924. The second-order valence-corrected chi connectivity index (χ2v) is 9.40. The summed E-state index contributed by atoms with van der Waals surface area (Å²) in [5, 5.41) is 12.7. The van der Waals surface area contributed by atoms with Gasteiger partial charge >= 0.3 is 11.7 Å². The van der Waals surface area contributed by atoms with E-state index < -0.39 is 22.9 Å². The van der Waals surface area contributed by atoms with Gasteiger partial charge < -0.3 is 14.7 Å². The number of fused-ring (bicyclic) bond motifs is 1. The average Bonchev–Trinajstić information content (AvgIpc) is 2.89. The standard InChI is InChI=1S/C26H17Cl2FN4O6/c27-19-10-16(33-26(38)30-23(34)21(31-33)25(36)37)11-20(28)22(19)39-17-5-6-18-14(9-17)7-8-32(24(18)35)12-13-1-3-15(29)4-2-13/h1-6,9-11H,7-8,12H2,(H,36,37)(H,30,34,38). The number of carbonyl (C=O) groups is 2. The minimum absolute atomic E-state index is 0.00150. The summed E-state index contributed by atoms with van der Waals surface area (Å²) in [6.45, 7) is 0.817. The van der Waals surface area contributed by atoms with Crippen molar-refractivity contribution >= 4 is 35.1 Å². The number of H-pyrrole nitrogens is 1. The number of aromatic nitrogens is 3. The van der Waals surface area contributed by atoms with E-state index in [0.29, 0.717) is 35.5 Å².